The van der Waals surface area contributed by atoms with Gasteiger partial charge in [0.05, 0.1) is 6.33 Å². The number of hydrogen-bond donors (Lipinski definition) is 1. The van der Waals surface area contributed by atoms with Crippen LogP contribution in [0.2, 0.25) is 0 Å². The van der Waals surface area contributed by atoms with Gasteiger partial charge in [-0.3, -0.25) is 0 Å². The summed E-state index contributed by atoms with van der Waals surface area (Å²) in [6.45, 7) is 3.62. The summed E-state index contributed by atoms with van der Waals surface area (Å²) in [7, 11) is 0. The Morgan fingerprint density at radius 2 is 2.20 bits per heavy atom. The number of nitrogens with zero attached hydrogens (tertiary/aromatic N) is 2. The molecule has 0 unspecified atom stereocenters. The van der Waals surface area contributed by atoms with Crippen LogP contribution in [0.1, 0.15) is 31.4 Å². The Kier molecular flexibility index (Phi) is 5.24. The molecular formula is C15H19F2N3. The van der Waals surface area contributed by atoms with Crippen molar-refractivity contribution in [2.75, 3.05) is 6.54 Å². The van der Waals surface area contributed by atoms with E-state index < -0.39 is 11.6 Å². The summed E-state index contributed by atoms with van der Waals surface area (Å²) in [6.07, 6.45) is 7.12. The van der Waals surface area contributed by atoms with Crippen LogP contribution in [-0.4, -0.2) is 16.1 Å². The predicted molar refractivity (Wildman–Crippen MR) is 74.2 cm³/mol. The lowest BCUT2D eigenvalue weighted by Crippen LogP contribution is -2.23. The van der Waals surface area contributed by atoms with Crippen molar-refractivity contribution >= 4 is 0 Å². The van der Waals surface area contributed by atoms with Gasteiger partial charge in [0.1, 0.15) is 11.6 Å². The zero-order valence-electron chi connectivity index (χ0n) is 11.5. The number of aryl methyl sites for hydroxylation is 1. The number of aromatic nitrogens is 2. The number of hydrogen-bond acceptors (Lipinski definition) is 2. The van der Waals surface area contributed by atoms with E-state index in [4.69, 9.17) is 0 Å². The Hall–Kier alpha value is -1.75. The molecule has 0 spiro atoms. The zero-order valence-corrected chi connectivity index (χ0v) is 11.5. The van der Waals surface area contributed by atoms with E-state index in [0.717, 1.165) is 32.0 Å². The first-order chi connectivity index (χ1) is 9.70. The monoisotopic (exact) mass is 279 g/mol. The SMILES string of the molecule is CC[C@@H](NCCCn1ccnc1)c1ccc(F)cc1F. The maximum absolute atomic E-state index is 13.7. The fraction of sp³-hybridized carbons (Fsp3) is 0.400. The van der Waals surface area contributed by atoms with E-state index in [1.54, 1.807) is 12.5 Å². The molecule has 2 rings (SSSR count). The minimum absolute atomic E-state index is 0.0848. The largest absolute Gasteiger partial charge is 0.337 e. The number of rotatable bonds is 7. The van der Waals surface area contributed by atoms with Gasteiger partial charge in [-0.1, -0.05) is 13.0 Å². The molecular weight excluding hydrogens is 260 g/mol. The summed E-state index contributed by atoms with van der Waals surface area (Å²) in [5.41, 5.74) is 0.525. The van der Waals surface area contributed by atoms with E-state index >= 15 is 0 Å². The standard InChI is InChI=1S/C15H19F2N3/c1-2-15(13-5-4-12(16)10-14(13)17)19-6-3-8-20-9-7-18-11-20/h4-5,7,9-11,15,19H,2-3,6,8H2,1H3/t15-/m1/s1. The second kappa shape index (κ2) is 7.14. The van der Waals surface area contributed by atoms with Crippen LogP contribution >= 0.6 is 0 Å². The van der Waals surface area contributed by atoms with Crippen molar-refractivity contribution in [3.8, 4) is 0 Å². The first-order valence-electron chi connectivity index (χ1n) is 6.84. The third-order valence-corrected chi connectivity index (χ3v) is 3.29. The van der Waals surface area contributed by atoms with E-state index in [0.29, 0.717) is 5.56 Å². The Morgan fingerprint density at radius 1 is 1.35 bits per heavy atom. The van der Waals surface area contributed by atoms with Gasteiger partial charge in [-0.25, -0.2) is 13.8 Å². The third kappa shape index (κ3) is 3.87. The van der Waals surface area contributed by atoms with Crippen molar-refractivity contribution in [3.63, 3.8) is 0 Å². The molecule has 1 atom stereocenters. The lowest BCUT2D eigenvalue weighted by Gasteiger charge is -2.18. The number of benzene rings is 1. The van der Waals surface area contributed by atoms with E-state index in [1.807, 2.05) is 17.7 Å². The fourth-order valence-corrected chi connectivity index (χ4v) is 2.22. The minimum atomic E-state index is -0.541. The highest BCUT2D eigenvalue weighted by atomic mass is 19.1. The van der Waals surface area contributed by atoms with Crippen LogP contribution in [0.5, 0.6) is 0 Å². The van der Waals surface area contributed by atoms with Crippen LogP contribution in [0.15, 0.2) is 36.9 Å². The summed E-state index contributed by atoms with van der Waals surface area (Å²) in [5.74, 6) is -1.03. The van der Waals surface area contributed by atoms with Gasteiger partial charge in [0.2, 0.25) is 0 Å². The van der Waals surface area contributed by atoms with Gasteiger partial charge in [0.25, 0.3) is 0 Å². The van der Waals surface area contributed by atoms with Gasteiger partial charge >= 0.3 is 0 Å². The first kappa shape index (κ1) is 14.7. The quantitative estimate of drug-likeness (QED) is 0.788. The molecule has 0 aliphatic carbocycles. The van der Waals surface area contributed by atoms with Gasteiger partial charge in [-0.2, -0.15) is 0 Å². The molecule has 3 nitrogen and oxygen atoms in total. The average Bonchev–Trinajstić information content (AvgIpc) is 2.93. The van der Waals surface area contributed by atoms with Gasteiger partial charge in [0.15, 0.2) is 0 Å². The lowest BCUT2D eigenvalue weighted by molar-refractivity contribution is 0.467. The minimum Gasteiger partial charge on any atom is -0.337 e. The molecule has 20 heavy (non-hydrogen) atoms. The topological polar surface area (TPSA) is 29.9 Å². The van der Waals surface area contributed by atoms with Gasteiger partial charge in [0, 0.05) is 36.6 Å². The third-order valence-electron chi connectivity index (χ3n) is 3.29. The van der Waals surface area contributed by atoms with Gasteiger partial charge in [-0.15, -0.1) is 0 Å². The van der Waals surface area contributed by atoms with Gasteiger partial charge < -0.3 is 9.88 Å². The number of halogens is 2. The summed E-state index contributed by atoms with van der Waals surface area (Å²) in [6, 6.07) is 3.67. The summed E-state index contributed by atoms with van der Waals surface area (Å²) in [4.78, 5) is 3.98. The van der Waals surface area contributed by atoms with Crippen LogP contribution in [0.3, 0.4) is 0 Å². The van der Waals surface area contributed by atoms with Crippen molar-refractivity contribution < 1.29 is 8.78 Å². The molecule has 1 aromatic carbocycles. The Balaban J connectivity index is 1.85. The second-order valence-corrected chi connectivity index (χ2v) is 4.73. The molecule has 0 saturated heterocycles. The molecule has 108 valence electrons. The van der Waals surface area contributed by atoms with Crippen LogP contribution in [0.4, 0.5) is 8.78 Å². The van der Waals surface area contributed by atoms with Crippen LogP contribution in [0, 0.1) is 11.6 Å². The molecule has 1 heterocycles. The Bertz CT molecular complexity index is 526. The molecule has 0 fully saturated rings. The normalized spacial score (nSPS) is 12.6. The fourth-order valence-electron chi connectivity index (χ4n) is 2.22. The molecule has 1 aromatic heterocycles. The van der Waals surface area contributed by atoms with E-state index in [-0.39, 0.29) is 6.04 Å². The van der Waals surface area contributed by atoms with E-state index in [1.165, 1.54) is 12.1 Å². The highest BCUT2D eigenvalue weighted by Crippen LogP contribution is 2.20. The van der Waals surface area contributed by atoms with Crippen molar-refractivity contribution in [1.82, 2.24) is 14.9 Å². The molecule has 0 aliphatic rings. The van der Waals surface area contributed by atoms with Crippen LogP contribution in [-0.2, 0) is 6.54 Å². The molecule has 0 radical (unpaired) electrons. The van der Waals surface area contributed by atoms with Crippen molar-refractivity contribution in [2.24, 2.45) is 0 Å². The molecule has 0 saturated carbocycles. The second-order valence-electron chi connectivity index (χ2n) is 4.73. The van der Waals surface area contributed by atoms with Crippen molar-refractivity contribution in [1.29, 1.82) is 0 Å². The number of nitrogens with one attached hydrogen (secondary N) is 1. The van der Waals surface area contributed by atoms with Crippen LogP contribution in [0.25, 0.3) is 0 Å². The summed E-state index contributed by atoms with van der Waals surface area (Å²) in [5, 5.41) is 3.31. The van der Waals surface area contributed by atoms with E-state index in [2.05, 4.69) is 10.3 Å². The van der Waals surface area contributed by atoms with Gasteiger partial charge in [-0.05, 0) is 25.5 Å². The van der Waals surface area contributed by atoms with Crippen molar-refractivity contribution in [2.45, 2.75) is 32.4 Å². The Morgan fingerprint density at radius 3 is 2.85 bits per heavy atom. The maximum atomic E-state index is 13.7. The number of imidazole rings is 1. The average molecular weight is 279 g/mol. The maximum Gasteiger partial charge on any atom is 0.130 e. The van der Waals surface area contributed by atoms with E-state index in [9.17, 15) is 8.78 Å². The van der Waals surface area contributed by atoms with Crippen LogP contribution < -0.4 is 5.32 Å². The smallest absolute Gasteiger partial charge is 0.130 e. The van der Waals surface area contributed by atoms with Crippen molar-refractivity contribution in [3.05, 3.63) is 54.1 Å². The highest BCUT2D eigenvalue weighted by molar-refractivity contribution is 5.22. The molecule has 2 aromatic rings. The zero-order chi connectivity index (χ0) is 14.4. The predicted octanol–water partition coefficient (Wildman–Crippen LogP) is 3.29. The molecule has 0 aliphatic heterocycles. The molecule has 1 N–H and O–H groups in total. The highest BCUT2D eigenvalue weighted by Gasteiger charge is 2.13. The summed E-state index contributed by atoms with van der Waals surface area (Å²) < 4.78 is 28.6. The summed E-state index contributed by atoms with van der Waals surface area (Å²) >= 11 is 0. The molecule has 5 heteroatoms. The first-order valence-corrected chi connectivity index (χ1v) is 6.84. The Labute approximate surface area is 117 Å². The lowest BCUT2D eigenvalue weighted by atomic mass is 10.0. The molecule has 0 amide bonds. The molecule has 0 bridgehead atoms.